The van der Waals surface area contributed by atoms with E-state index in [1.54, 1.807) is 32.9 Å². The van der Waals surface area contributed by atoms with Crippen LogP contribution in [0.1, 0.15) is 49.9 Å². The molecule has 2 heterocycles. The van der Waals surface area contributed by atoms with Crippen molar-refractivity contribution in [3.63, 3.8) is 0 Å². The number of benzene rings is 2. The van der Waals surface area contributed by atoms with Crippen LogP contribution >= 0.6 is 0 Å². The molecule has 0 saturated carbocycles. The SMILES string of the molecule is CC(O)C1(N)c2ccccc2CC(C(C2Cc3ccccc3CN2)C(O)C(=O)OC(C)(C)C)N1C(=O)O. The number of aliphatic hydroxyl groups is 2. The molecule has 1 amide bonds. The molecule has 0 spiro atoms. The molecule has 6 atom stereocenters. The van der Waals surface area contributed by atoms with Crippen molar-refractivity contribution in [3.8, 4) is 0 Å². The summed E-state index contributed by atoms with van der Waals surface area (Å²) in [4.78, 5) is 27.0. The first kappa shape index (κ1) is 27.1. The summed E-state index contributed by atoms with van der Waals surface area (Å²) in [6, 6.07) is 13.6. The molecule has 2 aliphatic rings. The fourth-order valence-corrected chi connectivity index (χ4v) is 5.81. The lowest BCUT2D eigenvalue weighted by Gasteiger charge is -2.53. The highest BCUT2D eigenvalue weighted by molar-refractivity contribution is 5.76. The summed E-state index contributed by atoms with van der Waals surface area (Å²) in [6.07, 6.45) is -3.58. The fourth-order valence-electron chi connectivity index (χ4n) is 5.81. The van der Waals surface area contributed by atoms with Crippen LogP contribution in [-0.2, 0) is 34.6 Å². The topological polar surface area (TPSA) is 145 Å². The third kappa shape index (κ3) is 5.09. The van der Waals surface area contributed by atoms with Crippen molar-refractivity contribution >= 4 is 12.1 Å². The monoisotopic (exact) mass is 511 g/mol. The van der Waals surface area contributed by atoms with Crippen molar-refractivity contribution < 1.29 is 29.6 Å². The molecule has 9 nitrogen and oxygen atoms in total. The van der Waals surface area contributed by atoms with Gasteiger partial charge in [-0.1, -0.05) is 48.5 Å². The van der Waals surface area contributed by atoms with Gasteiger partial charge in [0.2, 0.25) is 0 Å². The first-order valence-electron chi connectivity index (χ1n) is 12.6. The van der Waals surface area contributed by atoms with Crippen LogP contribution in [0.3, 0.4) is 0 Å². The van der Waals surface area contributed by atoms with Crippen molar-refractivity contribution in [1.29, 1.82) is 0 Å². The Balaban J connectivity index is 1.84. The normalized spacial score (nSPS) is 25.9. The molecule has 9 heteroatoms. The Morgan fingerprint density at radius 2 is 1.65 bits per heavy atom. The second kappa shape index (κ2) is 10.1. The summed E-state index contributed by atoms with van der Waals surface area (Å²) in [6.45, 7) is 7.07. The first-order valence-corrected chi connectivity index (χ1v) is 12.6. The van der Waals surface area contributed by atoms with Crippen molar-refractivity contribution in [1.82, 2.24) is 10.2 Å². The van der Waals surface area contributed by atoms with Crippen LogP contribution in [0.2, 0.25) is 0 Å². The van der Waals surface area contributed by atoms with E-state index in [0.717, 1.165) is 21.6 Å². The predicted molar refractivity (Wildman–Crippen MR) is 137 cm³/mol. The van der Waals surface area contributed by atoms with Crippen molar-refractivity contribution in [2.24, 2.45) is 11.7 Å². The summed E-state index contributed by atoms with van der Waals surface area (Å²) in [5, 5.41) is 36.2. The Bertz CT molecular complexity index is 1160. The number of nitrogens with one attached hydrogen (secondary N) is 1. The summed E-state index contributed by atoms with van der Waals surface area (Å²) < 4.78 is 5.53. The molecular weight excluding hydrogens is 474 g/mol. The first-order chi connectivity index (χ1) is 17.3. The third-order valence-corrected chi connectivity index (χ3v) is 7.49. The van der Waals surface area contributed by atoms with Gasteiger partial charge in [-0.25, -0.2) is 9.59 Å². The molecule has 2 aromatic carbocycles. The molecule has 0 bridgehead atoms. The summed E-state index contributed by atoms with van der Waals surface area (Å²) in [7, 11) is 0. The minimum atomic E-state index is -1.79. The van der Waals surface area contributed by atoms with Gasteiger partial charge in [0.1, 0.15) is 11.3 Å². The van der Waals surface area contributed by atoms with E-state index >= 15 is 0 Å². The number of ether oxygens (including phenoxy) is 1. The fraction of sp³-hybridized carbons (Fsp3) is 0.500. The van der Waals surface area contributed by atoms with Gasteiger partial charge in [0, 0.05) is 24.5 Å². The van der Waals surface area contributed by atoms with Gasteiger partial charge in [-0.2, -0.15) is 0 Å². The van der Waals surface area contributed by atoms with Gasteiger partial charge in [-0.3, -0.25) is 4.90 Å². The zero-order valence-electron chi connectivity index (χ0n) is 21.7. The summed E-state index contributed by atoms with van der Waals surface area (Å²) >= 11 is 0. The standard InChI is InChI=1S/C28H37N3O6/c1-16(32)28(29)20-12-8-7-10-18(20)14-22(31(28)26(35)36)23(24(33)25(34)37-27(2,3)4)21-13-17-9-5-6-11-19(17)15-30-21/h5-12,16,21-24,30,32-33H,13-15,29H2,1-4H3,(H,35,36). The molecule has 0 aromatic heterocycles. The van der Waals surface area contributed by atoms with Gasteiger partial charge in [0.15, 0.2) is 6.10 Å². The minimum Gasteiger partial charge on any atom is -0.465 e. The summed E-state index contributed by atoms with van der Waals surface area (Å²) in [5.41, 5.74) is 7.52. The Labute approximate surface area is 217 Å². The number of hydrogen-bond donors (Lipinski definition) is 5. The molecule has 0 saturated heterocycles. The minimum absolute atomic E-state index is 0.207. The molecule has 4 rings (SSSR count). The lowest BCUT2D eigenvalue weighted by atomic mass is 9.72. The lowest BCUT2D eigenvalue weighted by Crippen LogP contribution is -2.71. The molecule has 37 heavy (non-hydrogen) atoms. The zero-order chi connectivity index (χ0) is 27.1. The second-order valence-electron chi connectivity index (χ2n) is 11.1. The third-order valence-electron chi connectivity index (χ3n) is 7.49. The number of aliphatic hydroxyl groups excluding tert-OH is 2. The highest BCUT2D eigenvalue weighted by Crippen LogP contribution is 2.42. The molecule has 0 radical (unpaired) electrons. The average molecular weight is 512 g/mol. The number of nitrogens with zero attached hydrogens (tertiary/aromatic N) is 1. The van der Waals surface area contributed by atoms with Gasteiger partial charge in [-0.15, -0.1) is 0 Å². The Morgan fingerprint density at radius 1 is 1.05 bits per heavy atom. The van der Waals surface area contributed by atoms with E-state index in [1.807, 2.05) is 36.4 Å². The number of rotatable bonds is 5. The maximum atomic E-state index is 13.2. The van der Waals surface area contributed by atoms with Gasteiger partial charge >= 0.3 is 12.1 Å². The Morgan fingerprint density at radius 3 is 2.24 bits per heavy atom. The molecule has 2 aliphatic heterocycles. The molecule has 0 aliphatic carbocycles. The number of carboxylic acid groups (broad SMARTS) is 1. The predicted octanol–water partition coefficient (Wildman–Crippen LogP) is 2.12. The van der Waals surface area contributed by atoms with Crippen molar-refractivity contribution in [3.05, 3.63) is 70.8 Å². The maximum Gasteiger partial charge on any atom is 0.409 e. The number of fused-ring (bicyclic) bond motifs is 2. The van der Waals surface area contributed by atoms with Crippen LogP contribution in [0.15, 0.2) is 48.5 Å². The number of hydrogen-bond acceptors (Lipinski definition) is 7. The average Bonchev–Trinajstić information content (AvgIpc) is 2.82. The highest BCUT2D eigenvalue weighted by Gasteiger charge is 2.55. The number of carbonyl (C=O) groups excluding carboxylic acids is 1. The van der Waals surface area contributed by atoms with E-state index in [9.17, 15) is 24.9 Å². The molecule has 6 unspecified atom stereocenters. The summed E-state index contributed by atoms with van der Waals surface area (Å²) in [5.74, 6) is -1.75. The van der Waals surface area contributed by atoms with E-state index in [-0.39, 0.29) is 6.42 Å². The van der Waals surface area contributed by atoms with Crippen LogP contribution in [-0.4, -0.2) is 62.2 Å². The van der Waals surface area contributed by atoms with Crippen molar-refractivity contribution in [2.75, 3.05) is 0 Å². The molecule has 6 N–H and O–H groups in total. The van der Waals surface area contributed by atoms with E-state index in [2.05, 4.69) is 5.32 Å². The number of amides is 1. The maximum absolute atomic E-state index is 13.2. The van der Waals surface area contributed by atoms with E-state index in [1.165, 1.54) is 6.92 Å². The smallest absolute Gasteiger partial charge is 0.409 e. The number of nitrogens with two attached hydrogens (primary N) is 1. The largest absolute Gasteiger partial charge is 0.465 e. The zero-order valence-corrected chi connectivity index (χ0v) is 21.7. The van der Waals surface area contributed by atoms with Gasteiger partial charge in [0.25, 0.3) is 0 Å². The van der Waals surface area contributed by atoms with E-state index < -0.39 is 53.5 Å². The van der Waals surface area contributed by atoms with Crippen LogP contribution < -0.4 is 11.1 Å². The van der Waals surface area contributed by atoms with Gasteiger partial charge < -0.3 is 31.1 Å². The molecular formula is C28H37N3O6. The van der Waals surface area contributed by atoms with Gasteiger partial charge in [0.05, 0.1) is 6.10 Å². The molecule has 2 aromatic rings. The van der Waals surface area contributed by atoms with Crippen LogP contribution in [0.5, 0.6) is 0 Å². The van der Waals surface area contributed by atoms with Crippen LogP contribution in [0.25, 0.3) is 0 Å². The number of carbonyl (C=O) groups is 2. The van der Waals surface area contributed by atoms with E-state index in [4.69, 9.17) is 10.5 Å². The van der Waals surface area contributed by atoms with Crippen molar-refractivity contribution in [2.45, 2.75) is 82.6 Å². The lowest BCUT2D eigenvalue weighted by molar-refractivity contribution is -0.172. The molecule has 200 valence electrons. The second-order valence-corrected chi connectivity index (χ2v) is 11.1. The Hall–Kier alpha value is -2.98. The van der Waals surface area contributed by atoms with Crippen LogP contribution in [0, 0.1) is 5.92 Å². The highest BCUT2D eigenvalue weighted by atomic mass is 16.6. The Kier molecular flexibility index (Phi) is 7.36. The number of esters is 1. The van der Waals surface area contributed by atoms with Gasteiger partial charge in [-0.05, 0) is 62.8 Å². The quantitative estimate of drug-likeness (QED) is 0.384. The van der Waals surface area contributed by atoms with E-state index in [0.29, 0.717) is 18.5 Å². The molecule has 0 fully saturated rings. The van der Waals surface area contributed by atoms with Crippen LogP contribution in [0.4, 0.5) is 4.79 Å².